The lowest BCUT2D eigenvalue weighted by atomic mass is 9.95. The summed E-state index contributed by atoms with van der Waals surface area (Å²) in [6, 6.07) is 5.08. The summed E-state index contributed by atoms with van der Waals surface area (Å²) < 4.78 is 21.8. The van der Waals surface area contributed by atoms with Gasteiger partial charge in [-0.25, -0.2) is 0 Å². The fourth-order valence-electron chi connectivity index (χ4n) is 3.64. The highest BCUT2D eigenvalue weighted by Gasteiger charge is 2.43. The van der Waals surface area contributed by atoms with E-state index in [1.807, 2.05) is 0 Å². The van der Waals surface area contributed by atoms with E-state index in [1.165, 1.54) is 13.5 Å². The van der Waals surface area contributed by atoms with Crippen LogP contribution in [0.2, 0.25) is 0 Å². The summed E-state index contributed by atoms with van der Waals surface area (Å²) >= 11 is 0. The van der Waals surface area contributed by atoms with Crippen molar-refractivity contribution in [1.29, 1.82) is 0 Å². The van der Waals surface area contributed by atoms with E-state index in [9.17, 15) is 25.2 Å². The number of aliphatic hydroxyl groups excluding tert-OH is 4. The molecule has 33 heavy (non-hydrogen) atoms. The van der Waals surface area contributed by atoms with Gasteiger partial charge < -0.3 is 39.4 Å². The Bertz CT molecular complexity index is 722. The number of aliphatic hydroxyl groups is 4. The first-order valence-electron chi connectivity index (χ1n) is 11.5. The van der Waals surface area contributed by atoms with Crippen molar-refractivity contribution in [2.45, 2.75) is 83.1 Å². The van der Waals surface area contributed by atoms with Crippen molar-refractivity contribution >= 4 is 5.97 Å². The Morgan fingerprint density at radius 2 is 1.76 bits per heavy atom. The Morgan fingerprint density at radius 3 is 2.42 bits per heavy atom. The van der Waals surface area contributed by atoms with Crippen molar-refractivity contribution in [3.8, 4) is 11.5 Å². The van der Waals surface area contributed by atoms with Crippen molar-refractivity contribution in [2.24, 2.45) is 5.92 Å². The smallest absolute Gasteiger partial charge is 0.306 e. The van der Waals surface area contributed by atoms with E-state index in [-0.39, 0.29) is 19.2 Å². The van der Waals surface area contributed by atoms with Crippen molar-refractivity contribution in [3.63, 3.8) is 0 Å². The van der Waals surface area contributed by atoms with Crippen LogP contribution >= 0.6 is 0 Å². The maximum absolute atomic E-state index is 12.0. The second-order valence-corrected chi connectivity index (χ2v) is 8.82. The van der Waals surface area contributed by atoms with Gasteiger partial charge in [0.25, 0.3) is 0 Å². The molecule has 188 valence electrons. The minimum absolute atomic E-state index is 0.119. The average molecular weight is 471 g/mol. The maximum Gasteiger partial charge on any atom is 0.306 e. The molecule has 0 spiro atoms. The number of benzene rings is 1. The third-order valence-electron chi connectivity index (χ3n) is 5.68. The van der Waals surface area contributed by atoms with Crippen LogP contribution < -0.4 is 9.47 Å². The second kappa shape index (κ2) is 13.7. The molecular weight excluding hydrogens is 432 g/mol. The van der Waals surface area contributed by atoms with Crippen LogP contribution in [-0.4, -0.2) is 77.2 Å². The van der Waals surface area contributed by atoms with Crippen LogP contribution in [0.25, 0.3) is 0 Å². The van der Waals surface area contributed by atoms with Gasteiger partial charge in [0.2, 0.25) is 0 Å². The number of rotatable bonds is 13. The predicted octanol–water partition coefficient (Wildman–Crippen LogP) is 1.57. The highest BCUT2D eigenvalue weighted by Crippen LogP contribution is 2.30. The van der Waals surface area contributed by atoms with Gasteiger partial charge >= 0.3 is 5.97 Å². The molecule has 5 unspecified atom stereocenters. The Labute approximate surface area is 195 Å². The van der Waals surface area contributed by atoms with Crippen molar-refractivity contribution in [1.82, 2.24) is 0 Å². The number of carbonyl (C=O) groups is 1. The summed E-state index contributed by atoms with van der Waals surface area (Å²) in [5.41, 5.74) is 0.736. The summed E-state index contributed by atoms with van der Waals surface area (Å²) in [4.78, 5) is 12.0. The number of hydrogen-bond acceptors (Lipinski definition) is 9. The van der Waals surface area contributed by atoms with Crippen LogP contribution in [0.15, 0.2) is 18.2 Å². The molecule has 0 aliphatic carbocycles. The molecule has 2 rings (SSSR count). The zero-order valence-electron chi connectivity index (χ0n) is 19.7. The number of methoxy groups -OCH3 is 1. The monoisotopic (exact) mass is 470 g/mol. The first kappa shape index (κ1) is 27.3. The Balaban J connectivity index is 1.83. The first-order valence-corrected chi connectivity index (χ1v) is 11.5. The molecule has 1 aromatic rings. The lowest BCUT2D eigenvalue weighted by Crippen LogP contribution is -2.59. The first-order chi connectivity index (χ1) is 15.8. The number of unbranched alkanes of at least 4 members (excludes halogenated alkanes) is 2. The zero-order valence-corrected chi connectivity index (χ0v) is 19.7. The maximum atomic E-state index is 12.0. The molecule has 1 heterocycles. The van der Waals surface area contributed by atoms with Gasteiger partial charge in [-0.05, 0) is 30.0 Å². The number of carbonyl (C=O) groups excluding carboxylic acids is 1. The van der Waals surface area contributed by atoms with E-state index in [2.05, 4.69) is 13.8 Å². The van der Waals surface area contributed by atoms with E-state index in [0.29, 0.717) is 23.8 Å². The van der Waals surface area contributed by atoms with Gasteiger partial charge in [-0.1, -0.05) is 39.2 Å². The summed E-state index contributed by atoms with van der Waals surface area (Å²) in [6.45, 7) is 3.86. The molecule has 5 atom stereocenters. The highest BCUT2D eigenvalue weighted by molar-refractivity contribution is 5.69. The van der Waals surface area contributed by atoms with E-state index in [4.69, 9.17) is 18.9 Å². The molecule has 1 fully saturated rings. The molecule has 1 aliphatic heterocycles. The molecule has 1 aromatic carbocycles. The third kappa shape index (κ3) is 8.42. The fourth-order valence-corrected chi connectivity index (χ4v) is 3.64. The summed E-state index contributed by atoms with van der Waals surface area (Å²) in [6.07, 6.45) is -1.68. The standard InChI is InChI=1S/C24H38O9/c1-15(2)7-5-4-6-8-21(26)32-13-16-9-10-17(18(11-16)30-3)31-14-20-23(28)24(29)22(27)19(12-25)33-20/h9-11,15,19-20,22-25,27-29H,4-8,12-14H2,1-3H3. The lowest BCUT2D eigenvalue weighted by molar-refractivity contribution is -0.234. The van der Waals surface area contributed by atoms with Gasteiger partial charge in [-0.2, -0.15) is 0 Å². The third-order valence-corrected chi connectivity index (χ3v) is 5.68. The van der Waals surface area contributed by atoms with E-state index < -0.39 is 37.1 Å². The van der Waals surface area contributed by atoms with Gasteiger partial charge in [0, 0.05) is 6.42 Å². The Hall–Kier alpha value is -1.91. The molecule has 0 radical (unpaired) electrons. The summed E-state index contributed by atoms with van der Waals surface area (Å²) in [5, 5.41) is 39.2. The highest BCUT2D eigenvalue weighted by atomic mass is 16.6. The van der Waals surface area contributed by atoms with Crippen molar-refractivity contribution < 1.29 is 44.2 Å². The van der Waals surface area contributed by atoms with Gasteiger partial charge in [0.05, 0.1) is 13.7 Å². The molecule has 0 saturated carbocycles. The molecule has 0 bridgehead atoms. The second-order valence-electron chi connectivity index (χ2n) is 8.82. The van der Waals surface area contributed by atoms with Crippen LogP contribution in [0, 0.1) is 5.92 Å². The van der Waals surface area contributed by atoms with Gasteiger partial charge in [-0.15, -0.1) is 0 Å². The molecule has 1 saturated heterocycles. The number of ether oxygens (including phenoxy) is 4. The molecule has 1 aliphatic rings. The summed E-state index contributed by atoms with van der Waals surface area (Å²) in [7, 11) is 1.48. The SMILES string of the molecule is COc1cc(COC(=O)CCCCCC(C)C)ccc1OCC1OC(CO)C(O)C(O)C1O. The van der Waals surface area contributed by atoms with E-state index >= 15 is 0 Å². The van der Waals surface area contributed by atoms with Gasteiger partial charge in [0.15, 0.2) is 11.5 Å². The zero-order chi connectivity index (χ0) is 24.4. The molecule has 0 aromatic heterocycles. The molecule has 4 N–H and O–H groups in total. The van der Waals surface area contributed by atoms with Crippen LogP contribution in [0.4, 0.5) is 0 Å². The van der Waals surface area contributed by atoms with E-state index in [1.54, 1.807) is 18.2 Å². The topological polar surface area (TPSA) is 135 Å². The average Bonchev–Trinajstić information content (AvgIpc) is 2.80. The number of esters is 1. The number of hydrogen-bond donors (Lipinski definition) is 4. The van der Waals surface area contributed by atoms with Gasteiger partial charge in [-0.3, -0.25) is 4.79 Å². The Morgan fingerprint density at radius 1 is 1.03 bits per heavy atom. The molecule has 0 amide bonds. The Kier molecular flexibility index (Phi) is 11.4. The van der Waals surface area contributed by atoms with Crippen LogP contribution in [0.5, 0.6) is 11.5 Å². The van der Waals surface area contributed by atoms with Crippen molar-refractivity contribution in [3.05, 3.63) is 23.8 Å². The fraction of sp³-hybridized carbons (Fsp3) is 0.708. The molecule has 9 nitrogen and oxygen atoms in total. The molecule has 9 heteroatoms. The largest absolute Gasteiger partial charge is 0.493 e. The molecular formula is C24H38O9. The predicted molar refractivity (Wildman–Crippen MR) is 120 cm³/mol. The van der Waals surface area contributed by atoms with Crippen molar-refractivity contribution in [2.75, 3.05) is 20.3 Å². The van der Waals surface area contributed by atoms with Crippen LogP contribution in [-0.2, 0) is 20.9 Å². The lowest BCUT2D eigenvalue weighted by Gasteiger charge is -2.39. The normalized spacial score (nSPS) is 25.2. The van der Waals surface area contributed by atoms with Gasteiger partial charge in [0.1, 0.15) is 43.7 Å². The quantitative estimate of drug-likeness (QED) is 0.250. The summed E-state index contributed by atoms with van der Waals surface area (Å²) in [5.74, 6) is 1.22. The minimum Gasteiger partial charge on any atom is -0.493 e. The van der Waals surface area contributed by atoms with Crippen LogP contribution in [0.1, 0.15) is 51.5 Å². The van der Waals surface area contributed by atoms with Crippen LogP contribution in [0.3, 0.4) is 0 Å². The van der Waals surface area contributed by atoms with E-state index in [0.717, 1.165) is 24.8 Å². The minimum atomic E-state index is -1.46.